The van der Waals surface area contributed by atoms with E-state index in [1.165, 1.54) is 0 Å². The Hall–Kier alpha value is -1.91. The van der Waals surface area contributed by atoms with Crippen molar-refractivity contribution in [1.29, 1.82) is 0 Å². The molecule has 2 aromatic carbocycles. The van der Waals surface area contributed by atoms with Crippen LogP contribution in [0.15, 0.2) is 42.5 Å². The van der Waals surface area contributed by atoms with Crippen LogP contribution in [-0.4, -0.2) is 47.8 Å². The smallest absolute Gasteiger partial charge is 0.254 e. The Kier molecular flexibility index (Phi) is 3.90. The second-order valence-electron chi connectivity index (χ2n) is 5.49. The van der Waals surface area contributed by atoms with Gasteiger partial charge in [0.25, 0.3) is 5.91 Å². The number of fused-ring (bicyclic) bond motifs is 1. The van der Waals surface area contributed by atoms with Gasteiger partial charge in [0, 0.05) is 18.7 Å². The zero-order valence-corrected chi connectivity index (χ0v) is 12.0. The molecule has 1 aliphatic heterocycles. The van der Waals surface area contributed by atoms with Gasteiger partial charge in [-0.15, -0.1) is 0 Å². The standard InChI is InChI=1S/C17H19NO3/c1-12-9-18(10-14(11-19)21-12)17(20)16-8-4-6-13-5-2-3-7-15(13)16/h2-8,12,14,19H,9-11H2,1H3. The summed E-state index contributed by atoms with van der Waals surface area (Å²) in [5, 5.41) is 11.3. The molecule has 0 saturated carbocycles. The summed E-state index contributed by atoms with van der Waals surface area (Å²) >= 11 is 0. The number of amides is 1. The number of ether oxygens (including phenoxy) is 1. The summed E-state index contributed by atoms with van der Waals surface area (Å²) in [5.74, 6) is 0.000370. The molecular weight excluding hydrogens is 266 g/mol. The summed E-state index contributed by atoms with van der Waals surface area (Å²) in [7, 11) is 0. The van der Waals surface area contributed by atoms with E-state index in [0.29, 0.717) is 18.7 Å². The number of benzene rings is 2. The summed E-state index contributed by atoms with van der Waals surface area (Å²) in [4.78, 5) is 14.6. The van der Waals surface area contributed by atoms with E-state index in [4.69, 9.17) is 4.74 Å². The van der Waals surface area contributed by atoms with Crippen molar-refractivity contribution in [3.05, 3.63) is 48.0 Å². The summed E-state index contributed by atoms with van der Waals surface area (Å²) < 4.78 is 5.60. The van der Waals surface area contributed by atoms with Gasteiger partial charge in [-0.05, 0) is 23.8 Å². The lowest BCUT2D eigenvalue weighted by Gasteiger charge is -2.36. The van der Waals surface area contributed by atoms with Crippen LogP contribution in [0.25, 0.3) is 10.8 Å². The van der Waals surface area contributed by atoms with Crippen molar-refractivity contribution in [2.45, 2.75) is 19.1 Å². The lowest BCUT2D eigenvalue weighted by atomic mass is 10.0. The third kappa shape index (κ3) is 2.77. The lowest BCUT2D eigenvalue weighted by molar-refractivity contribution is -0.0858. The van der Waals surface area contributed by atoms with Gasteiger partial charge in [0.2, 0.25) is 0 Å². The highest BCUT2D eigenvalue weighted by molar-refractivity contribution is 6.07. The van der Waals surface area contributed by atoms with Crippen molar-refractivity contribution >= 4 is 16.7 Å². The molecule has 0 aliphatic carbocycles. The van der Waals surface area contributed by atoms with E-state index >= 15 is 0 Å². The zero-order valence-electron chi connectivity index (χ0n) is 12.0. The first-order chi connectivity index (χ1) is 10.2. The Morgan fingerprint density at radius 2 is 2.00 bits per heavy atom. The number of aliphatic hydroxyl groups excluding tert-OH is 1. The number of morpholine rings is 1. The Bertz CT molecular complexity index is 650. The van der Waals surface area contributed by atoms with E-state index in [1.807, 2.05) is 49.4 Å². The molecule has 4 heteroatoms. The quantitative estimate of drug-likeness (QED) is 0.919. The van der Waals surface area contributed by atoms with Crippen LogP contribution in [0.4, 0.5) is 0 Å². The molecule has 1 fully saturated rings. The molecule has 0 spiro atoms. The average molecular weight is 285 g/mol. The maximum Gasteiger partial charge on any atom is 0.254 e. The molecule has 0 bridgehead atoms. The highest BCUT2D eigenvalue weighted by atomic mass is 16.5. The van der Waals surface area contributed by atoms with Crippen LogP contribution in [0.1, 0.15) is 17.3 Å². The SMILES string of the molecule is CC1CN(C(=O)c2cccc3ccccc23)CC(CO)O1. The van der Waals surface area contributed by atoms with Gasteiger partial charge in [0.05, 0.1) is 18.8 Å². The molecule has 1 N–H and O–H groups in total. The number of nitrogens with zero attached hydrogens (tertiary/aromatic N) is 1. The van der Waals surface area contributed by atoms with Gasteiger partial charge in [-0.25, -0.2) is 0 Å². The summed E-state index contributed by atoms with van der Waals surface area (Å²) in [6.07, 6.45) is -0.359. The molecule has 3 rings (SSSR count). The van der Waals surface area contributed by atoms with E-state index in [9.17, 15) is 9.90 Å². The van der Waals surface area contributed by atoms with Crippen LogP contribution in [0, 0.1) is 0 Å². The van der Waals surface area contributed by atoms with Gasteiger partial charge < -0.3 is 14.7 Å². The molecule has 1 saturated heterocycles. The van der Waals surface area contributed by atoms with Gasteiger partial charge in [0.15, 0.2) is 0 Å². The first-order valence-corrected chi connectivity index (χ1v) is 7.22. The average Bonchev–Trinajstić information content (AvgIpc) is 2.53. The molecular formula is C17H19NO3. The normalized spacial score (nSPS) is 22.5. The maximum atomic E-state index is 12.8. The van der Waals surface area contributed by atoms with Crippen molar-refractivity contribution < 1.29 is 14.6 Å². The van der Waals surface area contributed by atoms with E-state index in [2.05, 4.69) is 0 Å². The third-order valence-electron chi connectivity index (χ3n) is 3.84. The van der Waals surface area contributed by atoms with Crippen molar-refractivity contribution in [3.63, 3.8) is 0 Å². The van der Waals surface area contributed by atoms with Gasteiger partial charge in [-0.1, -0.05) is 36.4 Å². The highest BCUT2D eigenvalue weighted by Gasteiger charge is 2.29. The summed E-state index contributed by atoms with van der Waals surface area (Å²) in [6, 6.07) is 13.7. The number of rotatable bonds is 2. The molecule has 21 heavy (non-hydrogen) atoms. The van der Waals surface area contributed by atoms with Gasteiger partial charge in [0.1, 0.15) is 0 Å². The minimum atomic E-state index is -0.298. The Morgan fingerprint density at radius 3 is 2.81 bits per heavy atom. The topological polar surface area (TPSA) is 49.8 Å². The summed E-state index contributed by atoms with van der Waals surface area (Å²) in [5.41, 5.74) is 0.707. The van der Waals surface area contributed by atoms with Crippen LogP contribution in [-0.2, 0) is 4.74 Å². The molecule has 2 aromatic rings. The molecule has 2 unspecified atom stereocenters. The number of carbonyl (C=O) groups is 1. The lowest BCUT2D eigenvalue weighted by Crippen LogP contribution is -2.50. The second-order valence-corrected chi connectivity index (χ2v) is 5.49. The van der Waals surface area contributed by atoms with Gasteiger partial charge >= 0.3 is 0 Å². The fourth-order valence-corrected chi connectivity index (χ4v) is 2.89. The van der Waals surface area contributed by atoms with Crippen LogP contribution in [0.3, 0.4) is 0 Å². The molecule has 0 aromatic heterocycles. The molecule has 110 valence electrons. The fourth-order valence-electron chi connectivity index (χ4n) is 2.89. The predicted octanol–water partition coefficient (Wildman–Crippen LogP) is 2.06. The molecule has 1 aliphatic rings. The van der Waals surface area contributed by atoms with Crippen molar-refractivity contribution in [3.8, 4) is 0 Å². The Morgan fingerprint density at radius 1 is 1.24 bits per heavy atom. The first kappa shape index (κ1) is 14.0. The monoisotopic (exact) mass is 285 g/mol. The molecule has 0 radical (unpaired) electrons. The van der Waals surface area contributed by atoms with Crippen molar-refractivity contribution in [2.24, 2.45) is 0 Å². The maximum absolute atomic E-state index is 12.8. The highest BCUT2D eigenvalue weighted by Crippen LogP contribution is 2.22. The van der Waals surface area contributed by atoms with Gasteiger partial charge in [-0.2, -0.15) is 0 Å². The molecule has 2 atom stereocenters. The number of aliphatic hydroxyl groups is 1. The molecule has 1 amide bonds. The minimum absolute atomic E-state index is 0.000370. The van der Waals surface area contributed by atoms with E-state index in [1.54, 1.807) is 4.90 Å². The Balaban J connectivity index is 1.93. The zero-order chi connectivity index (χ0) is 14.8. The largest absolute Gasteiger partial charge is 0.394 e. The fraction of sp³-hybridized carbons (Fsp3) is 0.353. The van der Waals surface area contributed by atoms with Crippen LogP contribution < -0.4 is 0 Å². The second kappa shape index (κ2) is 5.84. The third-order valence-corrected chi connectivity index (χ3v) is 3.84. The predicted molar refractivity (Wildman–Crippen MR) is 81.3 cm³/mol. The van der Waals surface area contributed by atoms with Crippen molar-refractivity contribution in [2.75, 3.05) is 19.7 Å². The van der Waals surface area contributed by atoms with E-state index in [0.717, 1.165) is 10.8 Å². The van der Waals surface area contributed by atoms with E-state index in [-0.39, 0.29) is 24.7 Å². The Labute approximate surface area is 123 Å². The van der Waals surface area contributed by atoms with Crippen LogP contribution >= 0.6 is 0 Å². The number of hydrogen-bond acceptors (Lipinski definition) is 3. The summed E-state index contributed by atoms with van der Waals surface area (Å²) in [6.45, 7) is 2.84. The molecule has 4 nitrogen and oxygen atoms in total. The minimum Gasteiger partial charge on any atom is -0.394 e. The van der Waals surface area contributed by atoms with Crippen LogP contribution in [0.2, 0.25) is 0 Å². The number of carbonyl (C=O) groups excluding carboxylic acids is 1. The van der Waals surface area contributed by atoms with E-state index < -0.39 is 0 Å². The van der Waals surface area contributed by atoms with Crippen molar-refractivity contribution in [1.82, 2.24) is 4.90 Å². The van der Waals surface area contributed by atoms with Crippen LogP contribution in [0.5, 0.6) is 0 Å². The van der Waals surface area contributed by atoms with Gasteiger partial charge in [-0.3, -0.25) is 4.79 Å². The first-order valence-electron chi connectivity index (χ1n) is 7.22. The molecule has 1 heterocycles. The number of hydrogen-bond donors (Lipinski definition) is 1.